The van der Waals surface area contributed by atoms with Gasteiger partial charge in [-0.25, -0.2) is 0 Å². The number of hydrogen-bond acceptors (Lipinski definition) is 2. The number of aromatic nitrogens is 2. The Bertz CT molecular complexity index is 219. The molecule has 0 fully saturated rings. The molecule has 0 bridgehead atoms. The zero-order chi connectivity index (χ0) is 8.97. The molecule has 12 heavy (non-hydrogen) atoms. The minimum absolute atomic E-state index is 0.625. The third kappa shape index (κ3) is 2.03. The van der Waals surface area contributed by atoms with Gasteiger partial charge in [-0.15, -0.1) is 0 Å². The summed E-state index contributed by atoms with van der Waals surface area (Å²) >= 11 is 0. The molecule has 2 nitrogen and oxygen atoms in total. The monoisotopic (exact) mass is 164 g/mol. The first kappa shape index (κ1) is 9.17. The van der Waals surface area contributed by atoms with E-state index in [1.807, 2.05) is 6.20 Å². The van der Waals surface area contributed by atoms with Crippen LogP contribution in [0.25, 0.3) is 0 Å². The Hall–Kier alpha value is -0.920. The average Bonchev–Trinajstić information content (AvgIpc) is 2.07. The number of rotatable bonds is 3. The summed E-state index contributed by atoms with van der Waals surface area (Å²) in [5.74, 6) is 1.31. The maximum atomic E-state index is 3.89. The molecule has 1 aromatic heterocycles. The molecule has 0 amide bonds. The minimum Gasteiger partial charge on any atom is -0.159 e. The Balaban J connectivity index is 2.80. The van der Waals surface area contributed by atoms with Gasteiger partial charge in [0.25, 0.3) is 0 Å². The summed E-state index contributed by atoms with van der Waals surface area (Å²) in [5, 5.41) is 7.66. The van der Waals surface area contributed by atoms with Crippen LogP contribution in [-0.4, -0.2) is 10.2 Å². The molecule has 0 aromatic carbocycles. The van der Waals surface area contributed by atoms with E-state index in [1.165, 1.54) is 12.0 Å². The third-order valence-corrected chi connectivity index (χ3v) is 2.28. The molecular weight excluding hydrogens is 148 g/mol. The van der Waals surface area contributed by atoms with Crippen molar-refractivity contribution in [2.75, 3.05) is 0 Å². The average molecular weight is 164 g/mol. The van der Waals surface area contributed by atoms with Crippen molar-refractivity contribution in [1.82, 2.24) is 10.2 Å². The highest BCUT2D eigenvalue weighted by Gasteiger charge is 2.12. The molecule has 1 aromatic rings. The second-order valence-electron chi connectivity index (χ2n) is 3.43. The molecule has 66 valence electrons. The van der Waals surface area contributed by atoms with Crippen LogP contribution in [0.1, 0.15) is 38.7 Å². The Morgan fingerprint density at radius 3 is 2.50 bits per heavy atom. The van der Waals surface area contributed by atoms with Crippen molar-refractivity contribution < 1.29 is 0 Å². The zero-order valence-corrected chi connectivity index (χ0v) is 7.99. The molecule has 0 saturated heterocycles. The van der Waals surface area contributed by atoms with Gasteiger partial charge in [0.05, 0.1) is 6.20 Å². The van der Waals surface area contributed by atoms with Gasteiger partial charge in [0.2, 0.25) is 0 Å². The molecular formula is C10H16N2. The van der Waals surface area contributed by atoms with E-state index in [1.54, 1.807) is 6.20 Å². The first-order valence-corrected chi connectivity index (χ1v) is 4.52. The van der Waals surface area contributed by atoms with Gasteiger partial charge in [-0.1, -0.05) is 20.8 Å². The Morgan fingerprint density at radius 2 is 2.08 bits per heavy atom. The van der Waals surface area contributed by atoms with Crippen molar-refractivity contribution in [3.8, 4) is 0 Å². The second kappa shape index (κ2) is 4.19. The Kier molecular flexibility index (Phi) is 3.20. The van der Waals surface area contributed by atoms with Gasteiger partial charge in [0, 0.05) is 6.20 Å². The molecule has 2 heteroatoms. The van der Waals surface area contributed by atoms with E-state index in [2.05, 4.69) is 37.0 Å². The second-order valence-corrected chi connectivity index (χ2v) is 3.43. The van der Waals surface area contributed by atoms with E-state index in [-0.39, 0.29) is 0 Å². The molecule has 0 aliphatic rings. The standard InChI is InChI=1S/C10H16N2/c1-4-10(8(2)3)9-5-6-11-12-7-9/h5-8,10H,4H2,1-3H3. The predicted octanol–water partition coefficient (Wildman–Crippen LogP) is 2.63. The largest absolute Gasteiger partial charge is 0.159 e. The molecule has 0 aliphatic carbocycles. The molecule has 0 N–H and O–H groups in total. The van der Waals surface area contributed by atoms with E-state index in [0.717, 1.165) is 0 Å². The summed E-state index contributed by atoms with van der Waals surface area (Å²) < 4.78 is 0. The van der Waals surface area contributed by atoms with Crippen molar-refractivity contribution in [2.45, 2.75) is 33.1 Å². The molecule has 0 aliphatic heterocycles. The zero-order valence-electron chi connectivity index (χ0n) is 7.99. The van der Waals surface area contributed by atoms with Crippen molar-refractivity contribution in [2.24, 2.45) is 5.92 Å². The van der Waals surface area contributed by atoms with Crippen molar-refractivity contribution in [1.29, 1.82) is 0 Å². The number of nitrogens with zero attached hydrogens (tertiary/aromatic N) is 2. The molecule has 1 rings (SSSR count). The molecule has 0 saturated carbocycles. The van der Waals surface area contributed by atoms with Crippen LogP contribution in [0.3, 0.4) is 0 Å². The van der Waals surface area contributed by atoms with Gasteiger partial charge in [-0.3, -0.25) is 0 Å². The fraction of sp³-hybridized carbons (Fsp3) is 0.600. The van der Waals surface area contributed by atoms with Crippen LogP contribution in [0.15, 0.2) is 18.5 Å². The first-order chi connectivity index (χ1) is 5.75. The van der Waals surface area contributed by atoms with Crippen molar-refractivity contribution in [3.05, 3.63) is 24.0 Å². The first-order valence-electron chi connectivity index (χ1n) is 4.52. The fourth-order valence-electron chi connectivity index (χ4n) is 1.61. The molecule has 0 spiro atoms. The molecule has 1 atom stereocenters. The summed E-state index contributed by atoms with van der Waals surface area (Å²) in [5.41, 5.74) is 1.31. The summed E-state index contributed by atoms with van der Waals surface area (Å²) in [7, 11) is 0. The Labute approximate surface area is 74.0 Å². The smallest absolute Gasteiger partial charge is 0.0531 e. The third-order valence-electron chi connectivity index (χ3n) is 2.28. The SMILES string of the molecule is CCC(c1ccnnc1)C(C)C. The van der Waals surface area contributed by atoms with Gasteiger partial charge in [0.15, 0.2) is 0 Å². The van der Waals surface area contributed by atoms with Gasteiger partial charge < -0.3 is 0 Å². The summed E-state index contributed by atoms with van der Waals surface area (Å²) in [6.07, 6.45) is 4.80. The maximum absolute atomic E-state index is 3.89. The van der Waals surface area contributed by atoms with Crippen LogP contribution >= 0.6 is 0 Å². The maximum Gasteiger partial charge on any atom is 0.0531 e. The minimum atomic E-state index is 0.625. The lowest BCUT2D eigenvalue weighted by molar-refractivity contribution is 0.483. The highest BCUT2D eigenvalue weighted by Crippen LogP contribution is 2.26. The van der Waals surface area contributed by atoms with Crippen LogP contribution in [0.5, 0.6) is 0 Å². The van der Waals surface area contributed by atoms with Crippen LogP contribution in [0.4, 0.5) is 0 Å². The van der Waals surface area contributed by atoms with Crippen molar-refractivity contribution in [3.63, 3.8) is 0 Å². The summed E-state index contributed by atoms with van der Waals surface area (Å²) in [6.45, 7) is 6.70. The van der Waals surface area contributed by atoms with Gasteiger partial charge in [-0.2, -0.15) is 10.2 Å². The normalized spacial score (nSPS) is 13.3. The molecule has 0 radical (unpaired) electrons. The molecule has 1 heterocycles. The lowest BCUT2D eigenvalue weighted by atomic mass is 9.88. The van der Waals surface area contributed by atoms with Gasteiger partial charge in [0.1, 0.15) is 0 Å². The van der Waals surface area contributed by atoms with Gasteiger partial charge in [-0.05, 0) is 29.9 Å². The van der Waals surface area contributed by atoms with Crippen molar-refractivity contribution >= 4 is 0 Å². The fourth-order valence-corrected chi connectivity index (χ4v) is 1.61. The topological polar surface area (TPSA) is 25.8 Å². The van der Waals surface area contributed by atoms with E-state index in [4.69, 9.17) is 0 Å². The highest BCUT2D eigenvalue weighted by molar-refractivity contribution is 5.12. The van der Waals surface area contributed by atoms with E-state index < -0.39 is 0 Å². The lowest BCUT2D eigenvalue weighted by Crippen LogP contribution is -2.05. The predicted molar refractivity (Wildman–Crippen MR) is 49.9 cm³/mol. The Morgan fingerprint density at radius 1 is 1.33 bits per heavy atom. The molecule has 1 unspecified atom stereocenters. The van der Waals surface area contributed by atoms with Crippen LogP contribution in [0.2, 0.25) is 0 Å². The van der Waals surface area contributed by atoms with Crippen LogP contribution in [-0.2, 0) is 0 Å². The van der Waals surface area contributed by atoms with Crippen LogP contribution in [0, 0.1) is 5.92 Å². The lowest BCUT2D eigenvalue weighted by Gasteiger charge is -2.18. The number of hydrogen-bond donors (Lipinski definition) is 0. The van der Waals surface area contributed by atoms with E-state index in [0.29, 0.717) is 11.8 Å². The summed E-state index contributed by atoms with van der Waals surface area (Å²) in [6, 6.07) is 2.06. The van der Waals surface area contributed by atoms with Gasteiger partial charge >= 0.3 is 0 Å². The highest BCUT2D eigenvalue weighted by atomic mass is 15.1. The summed E-state index contributed by atoms with van der Waals surface area (Å²) in [4.78, 5) is 0. The van der Waals surface area contributed by atoms with E-state index in [9.17, 15) is 0 Å². The van der Waals surface area contributed by atoms with E-state index >= 15 is 0 Å². The van der Waals surface area contributed by atoms with Crippen LogP contribution < -0.4 is 0 Å². The quantitative estimate of drug-likeness (QED) is 0.686.